The molecule has 0 saturated carbocycles. The molecule has 0 aliphatic carbocycles. The number of anilines is 1. The van der Waals surface area contributed by atoms with E-state index in [2.05, 4.69) is 31.7 Å². The Morgan fingerprint density at radius 1 is 1.28 bits per heavy atom. The molecule has 0 atom stereocenters. The van der Waals surface area contributed by atoms with E-state index in [0.29, 0.717) is 17.8 Å². The second-order valence-corrected chi connectivity index (χ2v) is 5.46. The number of hydrogen-bond acceptors (Lipinski definition) is 5. The molecule has 0 saturated heterocycles. The van der Waals surface area contributed by atoms with Crippen LogP contribution in [0.3, 0.4) is 0 Å². The maximum atomic E-state index is 10.7. The first kappa shape index (κ1) is 17.0. The first-order valence-corrected chi connectivity index (χ1v) is 7.51. The summed E-state index contributed by atoms with van der Waals surface area (Å²) in [6.45, 7) is 2.24. The maximum absolute atomic E-state index is 10.7. The summed E-state index contributed by atoms with van der Waals surface area (Å²) in [6.07, 6.45) is 0.549. The number of halogens is 1. The summed E-state index contributed by atoms with van der Waals surface area (Å²) >= 11 is 0. The maximum Gasteiger partial charge on any atom is 0.411 e. The fourth-order valence-corrected chi connectivity index (χ4v) is 2.71. The molecule has 8 nitrogen and oxygen atoms in total. The largest absolute Gasteiger partial charge is 0.492 e. The standard InChI is InChI=1S/C16H15N5O3.ClH/c22-16(23)21-15-19-12-6-10(8-18-14(12)20-15)9-1-2-13-11(5-9)7-17-3-4-24-13;/h1-2,5-6,8,17H,3-4,7H2,(H,22,23)(H2,18,19,20,21);1H. The van der Waals surface area contributed by atoms with Crippen molar-refractivity contribution >= 4 is 35.6 Å². The zero-order valence-electron chi connectivity index (χ0n) is 13.1. The van der Waals surface area contributed by atoms with Gasteiger partial charge in [-0.15, -0.1) is 12.4 Å². The zero-order chi connectivity index (χ0) is 16.5. The molecule has 0 fully saturated rings. The van der Waals surface area contributed by atoms with Crippen LogP contribution in [0.25, 0.3) is 22.3 Å². The molecule has 1 amide bonds. The third kappa shape index (κ3) is 3.49. The number of pyridine rings is 1. The smallest absolute Gasteiger partial charge is 0.411 e. The van der Waals surface area contributed by atoms with Crippen LogP contribution < -0.4 is 15.4 Å². The average Bonchev–Trinajstić information content (AvgIpc) is 2.80. The van der Waals surface area contributed by atoms with Crippen LogP contribution in [-0.4, -0.2) is 39.3 Å². The molecule has 4 N–H and O–H groups in total. The van der Waals surface area contributed by atoms with E-state index in [9.17, 15) is 4.79 Å². The molecule has 4 rings (SSSR count). The fourth-order valence-electron chi connectivity index (χ4n) is 2.71. The molecule has 0 bridgehead atoms. The molecule has 1 aliphatic rings. The normalized spacial score (nSPS) is 13.3. The Morgan fingerprint density at radius 2 is 2.16 bits per heavy atom. The topological polar surface area (TPSA) is 112 Å². The van der Waals surface area contributed by atoms with Crippen LogP contribution in [0.4, 0.5) is 10.7 Å². The Hall–Kier alpha value is -2.84. The monoisotopic (exact) mass is 361 g/mol. The molecule has 130 valence electrons. The molecule has 3 aromatic rings. The minimum atomic E-state index is -1.17. The number of H-pyrrole nitrogens is 1. The number of carboxylic acid groups (broad SMARTS) is 1. The number of ether oxygens (including phenoxy) is 1. The lowest BCUT2D eigenvalue weighted by Gasteiger charge is -2.09. The van der Waals surface area contributed by atoms with Crippen molar-refractivity contribution in [2.45, 2.75) is 6.54 Å². The third-order valence-electron chi connectivity index (χ3n) is 3.81. The van der Waals surface area contributed by atoms with Crippen molar-refractivity contribution in [3.63, 3.8) is 0 Å². The van der Waals surface area contributed by atoms with Gasteiger partial charge in [-0.1, -0.05) is 6.07 Å². The summed E-state index contributed by atoms with van der Waals surface area (Å²) in [4.78, 5) is 22.0. The second-order valence-electron chi connectivity index (χ2n) is 5.46. The van der Waals surface area contributed by atoms with Gasteiger partial charge in [-0.3, -0.25) is 5.32 Å². The summed E-state index contributed by atoms with van der Waals surface area (Å²) in [5, 5.41) is 14.2. The summed E-state index contributed by atoms with van der Waals surface area (Å²) in [6, 6.07) is 7.92. The van der Waals surface area contributed by atoms with Gasteiger partial charge in [0.1, 0.15) is 12.4 Å². The zero-order valence-corrected chi connectivity index (χ0v) is 13.9. The van der Waals surface area contributed by atoms with Crippen molar-refractivity contribution in [2.24, 2.45) is 0 Å². The quantitative estimate of drug-likeness (QED) is 0.558. The Kier molecular flexibility index (Phi) is 4.73. The van der Waals surface area contributed by atoms with E-state index in [1.807, 2.05) is 18.2 Å². The summed E-state index contributed by atoms with van der Waals surface area (Å²) in [7, 11) is 0. The lowest BCUT2D eigenvalue weighted by atomic mass is 10.0. The molecule has 9 heteroatoms. The van der Waals surface area contributed by atoms with E-state index in [1.165, 1.54) is 0 Å². The number of aromatic nitrogens is 3. The highest BCUT2D eigenvalue weighted by atomic mass is 35.5. The van der Waals surface area contributed by atoms with Crippen LogP contribution in [-0.2, 0) is 6.54 Å². The number of carbonyl (C=O) groups is 1. The van der Waals surface area contributed by atoms with Gasteiger partial charge in [0.15, 0.2) is 5.65 Å². The van der Waals surface area contributed by atoms with Gasteiger partial charge in [0.05, 0.1) is 5.52 Å². The van der Waals surface area contributed by atoms with Crippen LogP contribution in [0.2, 0.25) is 0 Å². The van der Waals surface area contributed by atoms with E-state index in [-0.39, 0.29) is 18.4 Å². The average molecular weight is 362 g/mol. The van der Waals surface area contributed by atoms with Crippen LogP contribution in [0.5, 0.6) is 5.75 Å². The summed E-state index contributed by atoms with van der Waals surface area (Å²) in [5.74, 6) is 1.05. The van der Waals surface area contributed by atoms with E-state index in [1.54, 1.807) is 6.20 Å². The molecule has 2 aromatic heterocycles. The first-order valence-electron chi connectivity index (χ1n) is 7.51. The lowest BCUT2D eigenvalue weighted by molar-refractivity contribution is 0.209. The van der Waals surface area contributed by atoms with Gasteiger partial charge in [-0.2, -0.15) is 4.98 Å². The lowest BCUT2D eigenvalue weighted by Crippen LogP contribution is -2.16. The predicted molar refractivity (Wildman–Crippen MR) is 95.4 cm³/mol. The predicted octanol–water partition coefficient (Wildman–Crippen LogP) is 2.62. The minimum Gasteiger partial charge on any atom is -0.492 e. The number of nitrogens with zero attached hydrogens (tertiary/aromatic N) is 2. The number of hydrogen-bond donors (Lipinski definition) is 4. The highest BCUT2D eigenvalue weighted by Crippen LogP contribution is 2.28. The van der Waals surface area contributed by atoms with Crippen molar-refractivity contribution in [2.75, 3.05) is 18.5 Å². The Labute approximate surface area is 149 Å². The van der Waals surface area contributed by atoms with Gasteiger partial charge in [0.25, 0.3) is 0 Å². The van der Waals surface area contributed by atoms with Gasteiger partial charge < -0.3 is 20.1 Å². The number of imidazole rings is 1. The van der Waals surface area contributed by atoms with E-state index in [0.717, 1.165) is 35.5 Å². The van der Waals surface area contributed by atoms with Gasteiger partial charge in [0, 0.05) is 30.4 Å². The molecule has 0 radical (unpaired) electrons. The molecule has 25 heavy (non-hydrogen) atoms. The number of aromatic amines is 1. The molecule has 0 unspecified atom stereocenters. The summed E-state index contributed by atoms with van der Waals surface area (Å²) < 4.78 is 5.69. The first-order chi connectivity index (χ1) is 11.7. The van der Waals surface area contributed by atoms with Crippen molar-refractivity contribution in [1.29, 1.82) is 0 Å². The number of rotatable bonds is 2. The van der Waals surface area contributed by atoms with Crippen LogP contribution in [0, 0.1) is 0 Å². The minimum absolute atomic E-state index is 0. The fraction of sp³-hybridized carbons (Fsp3) is 0.188. The van der Waals surface area contributed by atoms with Crippen molar-refractivity contribution in [3.8, 4) is 16.9 Å². The van der Waals surface area contributed by atoms with Gasteiger partial charge in [-0.05, 0) is 23.8 Å². The molecule has 3 heterocycles. The highest BCUT2D eigenvalue weighted by molar-refractivity contribution is 5.86. The number of benzene rings is 1. The molecule has 1 aromatic carbocycles. The second kappa shape index (κ2) is 6.96. The van der Waals surface area contributed by atoms with Gasteiger partial charge in [-0.25, -0.2) is 9.78 Å². The van der Waals surface area contributed by atoms with Crippen molar-refractivity contribution in [1.82, 2.24) is 20.3 Å². The molecule has 1 aliphatic heterocycles. The van der Waals surface area contributed by atoms with Crippen LogP contribution >= 0.6 is 12.4 Å². The molecule has 0 spiro atoms. The van der Waals surface area contributed by atoms with Gasteiger partial charge >= 0.3 is 6.09 Å². The van der Waals surface area contributed by atoms with Crippen LogP contribution in [0.1, 0.15) is 5.56 Å². The van der Waals surface area contributed by atoms with E-state index < -0.39 is 6.09 Å². The number of nitrogens with one attached hydrogen (secondary N) is 3. The summed E-state index contributed by atoms with van der Waals surface area (Å²) in [5.41, 5.74) is 4.16. The molecular weight excluding hydrogens is 346 g/mol. The van der Waals surface area contributed by atoms with E-state index in [4.69, 9.17) is 9.84 Å². The Bertz CT molecular complexity index is 927. The number of amides is 1. The van der Waals surface area contributed by atoms with Crippen molar-refractivity contribution in [3.05, 3.63) is 36.0 Å². The number of fused-ring (bicyclic) bond motifs is 2. The van der Waals surface area contributed by atoms with Crippen molar-refractivity contribution < 1.29 is 14.6 Å². The van der Waals surface area contributed by atoms with Gasteiger partial charge in [0.2, 0.25) is 5.95 Å². The Balaban J connectivity index is 0.00000182. The molecular formula is C16H16ClN5O3. The SMILES string of the molecule is Cl.O=C(O)Nc1nc2ncc(-c3ccc4c(c3)CNCCO4)cc2[nH]1. The third-order valence-corrected chi connectivity index (χ3v) is 3.81. The Morgan fingerprint density at radius 3 is 3.00 bits per heavy atom. The van der Waals surface area contributed by atoms with Crippen LogP contribution in [0.15, 0.2) is 30.5 Å². The highest BCUT2D eigenvalue weighted by Gasteiger charge is 2.12. The van der Waals surface area contributed by atoms with E-state index >= 15 is 0 Å².